The lowest BCUT2D eigenvalue weighted by Crippen LogP contribution is -2.39. The van der Waals surface area contributed by atoms with Crippen molar-refractivity contribution in [3.05, 3.63) is 65.4 Å². The van der Waals surface area contributed by atoms with Gasteiger partial charge in [0, 0.05) is 5.02 Å². The summed E-state index contributed by atoms with van der Waals surface area (Å²) in [6, 6.07) is 12.8. The number of aromatic nitrogens is 2. The van der Waals surface area contributed by atoms with E-state index in [0.717, 1.165) is 11.0 Å². The molecule has 4 nitrogen and oxygen atoms in total. The molecule has 3 aromatic rings. The van der Waals surface area contributed by atoms with Crippen molar-refractivity contribution in [3.8, 4) is 0 Å². The van der Waals surface area contributed by atoms with Gasteiger partial charge in [-0.3, -0.25) is 4.79 Å². The first-order chi connectivity index (χ1) is 11.1. The molecule has 0 aliphatic carbocycles. The Labute approximate surface area is 143 Å². The van der Waals surface area contributed by atoms with Crippen LogP contribution in [0.3, 0.4) is 0 Å². The maximum atomic E-state index is 12.3. The lowest BCUT2D eigenvalue weighted by atomic mass is 10.3. The van der Waals surface area contributed by atoms with Crippen LogP contribution in [0.25, 0.3) is 17.2 Å². The van der Waals surface area contributed by atoms with Gasteiger partial charge in [0.1, 0.15) is 0 Å². The van der Waals surface area contributed by atoms with E-state index in [-0.39, 0.29) is 12.5 Å². The summed E-state index contributed by atoms with van der Waals surface area (Å²) in [5.74, 6) is -0.175. The van der Waals surface area contributed by atoms with Gasteiger partial charge in [-0.05, 0) is 30.3 Å². The van der Waals surface area contributed by atoms with E-state index in [0.29, 0.717) is 15.7 Å². The van der Waals surface area contributed by atoms with E-state index in [1.807, 2.05) is 39.7 Å². The van der Waals surface area contributed by atoms with E-state index < -0.39 is 0 Å². The Morgan fingerprint density at radius 3 is 2.78 bits per heavy atom. The minimum absolute atomic E-state index is 0.167. The van der Waals surface area contributed by atoms with Crippen molar-refractivity contribution >= 4 is 52.0 Å². The number of hydrogen-bond acceptors (Lipinski definition) is 1. The molecule has 0 radical (unpaired) electrons. The number of carbonyl (C=O) groups is 1. The van der Waals surface area contributed by atoms with Crippen molar-refractivity contribution in [1.82, 2.24) is 4.57 Å². The number of fused-ring (bicyclic) bond motifs is 1. The number of anilines is 1. The van der Waals surface area contributed by atoms with Crippen LogP contribution in [0.5, 0.6) is 0 Å². The molecule has 0 atom stereocenters. The van der Waals surface area contributed by atoms with Crippen molar-refractivity contribution < 1.29 is 9.36 Å². The number of hydrogen-bond donors (Lipinski definition) is 1. The third-order valence-electron chi connectivity index (χ3n) is 3.45. The van der Waals surface area contributed by atoms with E-state index in [4.69, 9.17) is 23.2 Å². The standard InChI is InChI=1S/C17H13Cl2N3O/c1-2-21-11-22(16-6-4-3-5-15(16)21)10-17(23)20-14-8-7-12(18)9-13(14)19/h2-9,11H,1,10H2/p+1. The summed E-state index contributed by atoms with van der Waals surface area (Å²) in [6.45, 7) is 3.95. The number of imidazole rings is 1. The second kappa shape index (κ2) is 6.44. The molecule has 1 amide bonds. The molecule has 0 aliphatic heterocycles. The van der Waals surface area contributed by atoms with E-state index in [1.165, 1.54) is 0 Å². The van der Waals surface area contributed by atoms with Crippen molar-refractivity contribution in [1.29, 1.82) is 0 Å². The summed E-state index contributed by atoms with van der Waals surface area (Å²) in [4.78, 5) is 12.3. The molecule has 0 unspecified atom stereocenters. The van der Waals surface area contributed by atoms with Crippen LogP contribution in [-0.4, -0.2) is 10.5 Å². The van der Waals surface area contributed by atoms with Gasteiger partial charge in [0.2, 0.25) is 6.33 Å². The number of nitrogens with one attached hydrogen (secondary N) is 1. The lowest BCUT2D eigenvalue weighted by molar-refractivity contribution is -0.658. The molecule has 1 heterocycles. The maximum Gasteiger partial charge on any atom is 0.266 e. The van der Waals surface area contributed by atoms with Crippen molar-refractivity contribution in [2.75, 3.05) is 5.32 Å². The highest BCUT2D eigenvalue weighted by atomic mass is 35.5. The normalized spacial score (nSPS) is 10.7. The van der Waals surface area contributed by atoms with Crippen molar-refractivity contribution in [2.45, 2.75) is 6.54 Å². The molecule has 6 heteroatoms. The van der Waals surface area contributed by atoms with Gasteiger partial charge in [-0.15, -0.1) is 0 Å². The zero-order chi connectivity index (χ0) is 16.4. The highest BCUT2D eigenvalue weighted by Crippen LogP contribution is 2.25. The summed E-state index contributed by atoms with van der Waals surface area (Å²) in [5, 5.41) is 3.72. The fourth-order valence-corrected chi connectivity index (χ4v) is 2.86. The van der Waals surface area contributed by atoms with Crippen LogP contribution in [-0.2, 0) is 11.3 Å². The molecule has 2 aromatic carbocycles. The summed E-state index contributed by atoms with van der Waals surface area (Å²) in [7, 11) is 0. The summed E-state index contributed by atoms with van der Waals surface area (Å²) >= 11 is 11.9. The Morgan fingerprint density at radius 2 is 2.04 bits per heavy atom. The Balaban J connectivity index is 1.84. The van der Waals surface area contributed by atoms with E-state index in [1.54, 1.807) is 24.4 Å². The zero-order valence-electron chi connectivity index (χ0n) is 12.2. The lowest BCUT2D eigenvalue weighted by Gasteiger charge is -2.06. The van der Waals surface area contributed by atoms with Crippen LogP contribution >= 0.6 is 23.2 Å². The number of carbonyl (C=O) groups excluding carboxylic acids is 1. The SMILES string of the molecule is C=Cn1c[n+](CC(=O)Nc2ccc(Cl)cc2Cl)c2ccccc21. The first-order valence-electron chi connectivity index (χ1n) is 6.95. The van der Waals surface area contributed by atoms with Gasteiger partial charge in [-0.25, -0.2) is 9.13 Å². The molecule has 0 bridgehead atoms. The molecule has 0 saturated carbocycles. The molecule has 116 valence electrons. The number of rotatable bonds is 4. The fraction of sp³-hybridized carbons (Fsp3) is 0.0588. The average Bonchev–Trinajstić information content (AvgIpc) is 2.88. The summed E-state index contributed by atoms with van der Waals surface area (Å²) < 4.78 is 3.73. The molecule has 0 saturated heterocycles. The summed E-state index contributed by atoms with van der Waals surface area (Å²) in [5.41, 5.74) is 2.47. The minimum Gasteiger partial charge on any atom is -0.321 e. The summed E-state index contributed by atoms with van der Waals surface area (Å²) in [6.07, 6.45) is 3.54. The first-order valence-corrected chi connectivity index (χ1v) is 7.70. The van der Waals surface area contributed by atoms with Gasteiger partial charge in [-0.2, -0.15) is 0 Å². The smallest absolute Gasteiger partial charge is 0.266 e. The number of amides is 1. The third-order valence-corrected chi connectivity index (χ3v) is 4.00. The molecule has 1 N–H and O–H groups in total. The maximum absolute atomic E-state index is 12.3. The van der Waals surface area contributed by atoms with Crippen LogP contribution in [0.1, 0.15) is 0 Å². The molecule has 1 aromatic heterocycles. The van der Waals surface area contributed by atoms with Crippen molar-refractivity contribution in [3.63, 3.8) is 0 Å². The Morgan fingerprint density at radius 1 is 1.26 bits per heavy atom. The highest BCUT2D eigenvalue weighted by Gasteiger charge is 2.17. The van der Waals surface area contributed by atoms with E-state index >= 15 is 0 Å². The van der Waals surface area contributed by atoms with Gasteiger partial charge in [0.05, 0.1) is 16.9 Å². The second-order valence-electron chi connectivity index (χ2n) is 4.99. The Hall–Kier alpha value is -2.30. The van der Waals surface area contributed by atoms with Gasteiger partial charge in [-0.1, -0.05) is 41.9 Å². The van der Waals surface area contributed by atoms with Gasteiger partial charge in [0.15, 0.2) is 17.6 Å². The Kier molecular flexibility index (Phi) is 4.37. The Bertz CT molecular complexity index is 902. The van der Waals surface area contributed by atoms with Crippen LogP contribution in [0, 0.1) is 0 Å². The molecular formula is C17H14Cl2N3O+. The molecule has 3 rings (SSSR count). The number of benzene rings is 2. The highest BCUT2D eigenvalue weighted by molar-refractivity contribution is 6.36. The molecule has 0 aliphatic rings. The third kappa shape index (κ3) is 3.23. The van der Waals surface area contributed by atoms with Crippen LogP contribution in [0.15, 0.2) is 55.4 Å². The monoisotopic (exact) mass is 346 g/mol. The predicted molar refractivity (Wildman–Crippen MR) is 93.6 cm³/mol. The largest absolute Gasteiger partial charge is 0.321 e. The minimum atomic E-state index is -0.175. The molecular weight excluding hydrogens is 333 g/mol. The quantitative estimate of drug-likeness (QED) is 0.713. The van der Waals surface area contributed by atoms with E-state index in [9.17, 15) is 4.79 Å². The number of halogens is 2. The van der Waals surface area contributed by atoms with Gasteiger partial charge in [0.25, 0.3) is 5.91 Å². The average molecular weight is 347 g/mol. The molecule has 23 heavy (non-hydrogen) atoms. The predicted octanol–water partition coefficient (Wildman–Crippen LogP) is 3.97. The number of para-hydroxylation sites is 2. The molecule has 0 fully saturated rings. The number of nitrogens with zero attached hydrogens (tertiary/aromatic N) is 2. The van der Waals surface area contributed by atoms with Crippen LogP contribution in [0.4, 0.5) is 5.69 Å². The van der Waals surface area contributed by atoms with Crippen LogP contribution in [0.2, 0.25) is 10.0 Å². The topological polar surface area (TPSA) is 37.9 Å². The van der Waals surface area contributed by atoms with E-state index in [2.05, 4.69) is 11.9 Å². The molecule has 0 spiro atoms. The second-order valence-corrected chi connectivity index (χ2v) is 5.84. The fourth-order valence-electron chi connectivity index (χ4n) is 2.41. The van der Waals surface area contributed by atoms with Crippen molar-refractivity contribution in [2.24, 2.45) is 0 Å². The van der Waals surface area contributed by atoms with Gasteiger partial charge < -0.3 is 5.32 Å². The van der Waals surface area contributed by atoms with Crippen LogP contribution < -0.4 is 9.88 Å². The van der Waals surface area contributed by atoms with Gasteiger partial charge >= 0.3 is 0 Å². The zero-order valence-corrected chi connectivity index (χ0v) is 13.7. The first kappa shape index (κ1) is 15.6.